The van der Waals surface area contributed by atoms with Crippen molar-refractivity contribution in [1.82, 2.24) is 0 Å². The molecule has 0 aliphatic rings. The molecule has 0 spiro atoms. The molecule has 2 aromatic rings. The summed E-state index contributed by atoms with van der Waals surface area (Å²) in [5.41, 5.74) is 1.98. The van der Waals surface area contributed by atoms with Gasteiger partial charge in [0.15, 0.2) is 0 Å². The molecular formula is C13H14O2S. The van der Waals surface area contributed by atoms with Gasteiger partial charge in [0.1, 0.15) is 11.9 Å². The maximum absolute atomic E-state index is 10.2. The minimum atomic E-state index is -0.536. The molecule has 0 saturated carbocycles. The van der Waals surface area contributed by atoms with Gasteiger partial charge in [0.25, 0.3) is 0 Å². The van der Waals surface area contributed by atoms with Crippen LogP contribution in [0.1, 0.15) is 22.1 Å². The van der Waals surface area contributed by atoms with Gasteiger partial charge in [-0.15, -0.1) is 11.3 Å². The Hall–Kier alpha value is -1.32. The molecule has 16 heavy (non-hydrogen) atoms. The molecule has 0 unspecified atom stereocenters. The highest BCUT2D eigenvalue weighted by molar-refractivity contribution is 7.10. The number of thiophene rings is 1. The maximum Gasteiger partial charge on any atom is 0.119 e. The second kappa shape index (κ2) is 4.68. The Labute approximate surface area is 99.1 Å². The number of aliphatic hydroxyl groups excluding tert-OH is 1. The number of hydrogen-bond donors (Lipinski definition) is 1. The van der Waals surface area contributed by atoms with Crippen LogP contribution in [-0.2, 0) is 0 Å². The van der Waals surface area contributed by atoms with E-state index >= 15 is 0 Å². The van der Waals surface area contributed by atoms with Crippen molar-refractivity contribution in [1.29, 1.82) is 0 Å². The minimum Gasteiger partial charge on any atom is -0.497 e. The zero-order valence-corrected chi connectivity index (χ0v) is 10.1. The smallest absolute Gasteiger partial charge is 0.119 e. The number of rotatable bonds is 3. The van der Waals surface area contributed by atoms with Crippen molar-refractivity contribution in [2.24, 2.45) is 0 Å². The molecule has 0 aliphatic carbocycles. The summed E-state index contributed by atoms with van der Waals surface area (Å²) in [5, 5.41) is 12.2. The van der Waals surface area contributed by atoms with Crippen molar-refractivity contribution in [2.75, 3.05) is 7.11 Å². The van der Waals surface area contributed by atoms with E-state index in [4.69, 9.17) is 4.74 Å². The normalized spacial score (nSPS) is 12.4. The third kappa shape index (κ3) is 2.10. The Kier molecular flexibility index (Phi) is 3.27. The third-order valence-electron chi connectivity index (χ3n) is 2.58. The molecule has 0 fully saturated rings. The summed E-state index contributed by atoms with van der Waals surface area (Å²) in [6, 6.07) is 9.62. The van der Waals surface area contributed by atoms with Crippen molar-refractivity contribution in [3.05, 3.63) is 51.7 Å². The first-order valence-corrected chi connectivity index (χ1v) is 5.96. The van der Waals surface area contributed by atoms with Crippen LogP contribution in [0.5, 0.6) is 5.75 Å². The zero-order valence-electron chi connectivity index (χ0n) is 9.31. The third-order valence-corrected chi connectivity index (χ3v) is 3.51. The fourth-order valence-corrected chi connectivity index (χ4v) is 2.41. The summed E-state index contributed by atoms with van der Waals surface area (Å²) < 4.78 is 5.14. The van der Waals surface area contributed by atoms with Gasteiger partial charge in [0.2, 0.25) is 0 Å². The number of hydrogen-bond acceptors (Lipinski definition) is 3. The van der Waals surface area contributed by atoms with Crippen LogP contribution in [0.15, 0.2) is 35.7 Å². The van der Waals surface area contributed by atoms with E-state index in [2.05, 4.69) is 0 Å². The van der Waals surface area contributed by atoms with Gasteiger partial charge in [0.05, 0.1) is 7.11 Å². The van der Waals surface area contributed by atoms with Crippen LogP contribution >= 0.6 is 11.3 Å². The summed E-state index contributed by atoms with van der Waals surface area (Å²) in [4.78, 5) is 0.966. The molecule has 84 valence electrons. The van der Waals surface area contributed by atoms with Crippen LogP contribution in [0, 0.1) is 6.92 Å². The quantitative estimate of drug-likeness (QED) is 0.884. The van der Waals surface area contributed by atoms with Crippen LogP contribution in [0.4, 0.5) is 0 Å². The van der Waals surface area contributed by atoms with E-state index in [0.29, 0.717) is 0 Å². The molecule has 1 atom stereocenters. The van der Waals surface area contributed by atoms with Gasteiger partial charge in [-0.05, 0) is 41.6 Å². The standard InChI is InChI=1S/C13H14O2S/c1-9-8-10(15-2)5-6-11(9)13(14)12-4-3-7-16-12/h3-8,13-14H,1-2H3/t13-/m1/s1. The molecule has 1 heterocycles. The average Bonchev–Trinajstić information content (AvgIpc) is 2.81. The van der Waals surface area contributed by atoms with Gasteiger partial charge in [-0.25, -0.2) is 0 Å². The number of benzene rings is 1. The first-order chi connectivity index (χ1) is 7.72. The number of aliphatic hydroxyl groups is 1. The van der Waals surface area contributed by atoms with Crippen LogP contribution in [0.25, 0.3) is 0 Å². The van der Waals surface area contributed by atoms with E-state index in [1.807, 2.05) is 42.6 Å². The lowest BCUT2D eigenvalue weighted by Crippen LogP contribution is -2.00. The molecule has 2 rings (SSSR count). The molecule has 0 amide bonds. The first-order valence-electron chi connectivity index (χ1n) is 5.08. The molecule has 3 heteroatoms. The second-order valence-corrected chi connectivity index (χ2v) is 4.62. The average molecular weight is 234 g/mol. The van der Waals surface area contributed by atoms with Gasteiger partial charge in [-0.1, -0.05) is 12.1 Å². The predicted molar refractivity (Wildman–Crippen MR) is 66.1 cm³/mol. The molecule has 1 N–H and O–H groups in total. The fraction of sp³-hybridized carbons (Fsp3) is 0.231. The van der Waals surface area contributed by atoms with Crippen molar-refractivity contribution in [3.63, 3.8) is 0 Å². The number of ether oxygens (including phenoxy) is 1. The summed E-state index contributed by atoms with van der Waals surface area (Å²) in [6.45, 7) is 1.98. The predicted octanol–water partition coefficient (Wildman–Crippen LogP) is 3.15. The van der Waals surface area contributed by atoms with Crippen molar-refractivity contribution < 1.29 is 9.84 Å². The van der Waals surface area contributed by atoms with E-state index in [1.54, 1.807) is 18.4 Å². The lowest BCUT2D eigenvalue weighted by atomic mass is 10.0. The highest BCUT2D eigenvalue weighted by Gasteiger charge is 2.13. The van der Waals surface area contributed by atoms with Crippen molar-refractivity contribution in [3.8, 4) is 5.75 Å². The van der Waals surface area contributed by atoms with Crippen LogP contribution in [-0.4, -0.2) is 12.2 Å². The number of aryl methyl sites for hydroxylation is 1. The highest BCUT2D eigenvalue weighted by atomic mass is 32.1. The molecule has 0 aliphatic heterocycles. The second-order valence-electron chi connectivity index (χ2n) is 3.64. The van der Waals surface area contributed by atoms with Crippen LogP contribution < -0.4 is 4.74 Å². The summed E-state index contributed by atoms with van der Waals surface area (Å²) in [7, 11) is 1.64. The topological polar surface area (TPSA) is 29.5 Å². The van der Waals surface area contributed by atoms with E-state index in [-0.39, 0.29) is 0 Å². The molecule has 1 aromatic heterocycles. The van der Waals surface area contributed by atoms with Crippen molar-refractivity contribution >= 4 is 11.3 Å². The molecular weight excluding hydrogens is 220 g/mol. The Balaban J connectivity index is 2.34. The minimum absolute atomic E-state index is 0.536. The molecule has 2 nitrogen and oxygen atoms in total. The lowest BCUT2D eigenvalue weighted by molar-refractivity contribution is 0.223. The Morgan fingerprint density at radius 3 is 2.69 bits per heavy atom. The van der Waals surface area contributed by atoms with Gasteiger partial charge in [0, 0.05) is 4.88 Å². The summed E-state index contributed by atoms with van der Waals surface area (Å²) >= 11 is 1.56. The van der Waals surface area contributed by atoms with Crippen LogP contribution in [0.2, 0.25) is 0 Å². The SMILES string of the molecule is COc1ccc([C@@H](O)c2cccs2)c(C)c1. The van der Waals surface area contributed by atoms with E-state index in [1.165, 1.54) is 0 Å². The van der Waals surface area contributed by atoms with Gasteiger partial charge < -0.3 is 9.84 Å². The molecule has 0 bridgehead atoms. The zero-order chi connectivity index (χ0) is 11.5. The van der Waals surface area contributed by atoms with E-state index in [0.717, 1.165) is 21.8 Å². The van der Waals surface area contributed by atoms with E-state index in [9.17, 15) is 5.11 Å². The number of methoxy groups -OCH3 is 1. The van der Waals surface area contributed by atoms with Gasteiger partial charge in [-0.3, -0.25) is 0 Å². The molecule has 0 radical (unpaired) electrons. The largest absolute Gasteiger partial charge is 0.497 e. The lowest BCUT2D eigenvalue weighted by Gasteiger charge is -2.13. The Morgan fingerprint density at radius 2 is 2.12 bits per heavy atom. The molecule has 0 saturated heterocycles. The summed E-state index contributed by atoms with van der Waals surface area (Å²) in [5.74, 6) is 0.819. The Morgan fingerprint density at radius 1 is 1.31 bits per heavy atom. The highest BCUT2D eigenvalue weighted by Crippen LogP contribution is 2.29. The maximum atomic E-state index is 10.2. The van der Waals surface area contributed by atoms with Gasteiger partial charge in [-0.2, -0.15) is 0 Å². The first kappa shape index (κ1) is 11.2. The Bertz CT molecular complexity index is 463. The molecule has 1 aromatic carbocycles. The fourth-order valence-electron chi connectivity index (χ4n) is 1.68. The van der Waals surface area contributed by atoms with E-state index < -0.39 is 6.10 Å². The van der Waals surface area contributed by atoms with Gasteiger partial charge >= 0.3 is 0 Å². The summed E-state index contributed by atoms with van der Waals surface area (Å²) in [6.07, 6.45) is -0.536. The van der Waals surface area contributed by atoms with Crippen molar-refractivity contribution in [2.45, 2.75) is 13.0 Å². The monoisotopic (exact) mass is 234 g/mol. The van der Waals surface area contributed by atoms with Crippen LogP contribution in [0.3, 0.4) is 0 Å².